The lowest BCUT2D eigenvalue weighted by molar-refractivity contribution is -0.139. The van der Waals surface area contributed by atoms with Crippen LogP contribution in [0.1, 0.15) is 29.3 Å². The van der Waals surface area contributed by atoms with Crippen LogP contribution >= 0.6 is 0 Å². The normalized spacial score (nSPS) is 16.3. The third-order valence-corrected chi connectivity index (χ3v) is 6.01. The Hall–Kier alpha value is -3.58. The Bertz CT molecular complexity index is 1240. The summed E-state index contributed by atoms with van der Waals surface area (Å²) < 4.78 is 20.9. The Kier molecular flexibility index (Phi) is 6.13. The molecule has 4 aromatic rings. The Morgan fingerprint density at radius 2 is 1.85 bits per heavy atom. The molecule has 0 radical (unpaired) electrons. The predicted octanol–water partition coefficient (Wildman–Crippen LogP) is 4.15. The van der Waals surface area contributed by atoms with Crippen LogP contribution in [0.5, 0.6) is 0 Å². The van der Waals surface area contributed by atoms with Crippen molar-refractivity contribution in [3.8, 4) is 0 Å². The van der Waals surface area contributed by atoms with E-state index in [4.69, 9.17) is 4.74 Å². The predicted molar refractivity (Wildman–Crippen MR) is 123 cm³/mol. The number of carbonyl (C=O) groups is 1. The number of hydrogen-bond acceptors (Lipinski definition) is 4. The number of rotatable bonds is 6. The topological polar surface area (TPSA) is 60.2 Å². The van der Waals surface area contributed by atoms with Crippen molar-refractivity contribution in [3.05, 3.63) is 95.7 Å². The number of pyridine rings is 1. The van der Waals surface area contributed by atoms with Crippen LogP contribution in [0, 0.1) is 5.82 Å². The monoisotopic (exact) mass is 444 g/mol. The first-order chi connectivity index (χ1) is 16.2. The van der Waals surface area contributed by atoms with Crippen LogP contribution in [0.15, 0.2) is 73.1 Å². The van der Waals surface area contributed by atoms with Gasteiger partial charge in [0, 0.05) is 24.5 Å². The molecule has 3 heterocycles. The number of carbonyl (C=O) groups excluding carboxylic acids is 1. The van der Waals surface area contributed by atoms with Crippen molar-refractivity contribution >= 4 is 16.8 Å². The number of aryl methyl sites for hydroxylation is 1. The van der Waals surface area contributed by atoms with Crippen molar-refractivity contribution in [2.45, 2.75) is 25.5 Å². The minimum Gasteiger partial charge on any atom is -0.368 e. The molecule has 168 valence electrons. The maximum atomic E-state index is 13.1. The third kappa shape index (κ3) is 4.93. The van der Waals surface area contributed by atoms with E-state index in [1.165, 1.54) is 12.1 Å². The van der Waals surface area contributed by atoms with Crippen molar-refractivity contribution in [3.63, 3.8) is 0 Å². The fourth-order valence-electron chi connectivity index (χ4n) is 4.19. The summed E-state index contributed by atoms with van der Waals surface area (Å²) in [6.07, 6.45) is 4.49. The molecule has 0 spiro atoms. The average Bonchev–Trinajstić information content (AvgIpc) is 3.28. The zero-order chi connectivity index (χ0) is 22.6. The second kappa shape index (κ2) is 9.50. The fourth-order valence-corrected chi connectivity index (χ4v) is 4.19. The van der Waals surface area contributed by atoms with Crippen LogP contribution in [0.4, 0.5) is 4.39 Å². The summed E-state index contributed by atoms with van der Waals surface area (Å²) in [5.41, 5.74) is 3.92. The molecule has 0 saturated carbocycles. The molecular weight excluding hydrogens is 419 g/mol. The fraction of sp³-hybridized carbons (Fsp3) is 0.269. The van der Waals surface area contributed by atoms with E-state index in [0.29, 0.717) is 39.1 Å². The van der Waals surface area contributed by atoms with E-state index in [1.54, 1.807) is 12.1 Å². The van der Waals surface area contributed by atoms with Gasteiger partial charge in [-0.25, -0.2) is 4.39 Å². The highest BCUT2D eigenvalue weighted by Gasteiger charge is 2.26. The number of amides is 1. The molecule has 7 heteroatoms. The second-order valence-corrected chi connectivity index (χ2v) is 8.27. The molecule has 0 aliphatic carbocycles. The summed E-state index contributed by atoms with van der Waals surface area (Å²) >= 11 is 0. The number of para-hydroxylation sites is 1. The molecule has 1 amide bonds. The van der Waals surface area contributed by atoms with Crippen molar-refractivity contribution in [1.29, 1.82) is 0 Å². The third-order valence-electron chi connectivity index (χ3n) is 6.01. The Balaban J connectivity index is 1.18. The summed E-state index contributed by atoms with van der Waals surface area (Å²) in [4.78, 5) is 19.3. The van der Waals surface area contributed by atoms with Gasteiger partial charge in [-0.1, -0.05) is 36.4 Å². The van der Waals surface area contributed by atoms with Gasteiger partial charge in [-0.15, -0.1) is 0 Å². The number of fused-ring (bicyclic) bond motifs is 1. The maximum Gasteiger partial charge on any atom is 0.224 e. The van der Waals surface area contributed by atoms with Gasteiger partial charge in [-0.05, 0) is 41.8 Å². The molecule has 1 saturated heterocycles. The van der Waals surface area contributed by atoms with Crippen molar-refractivity contribution in [2.24, 2.45) is 0 Å². The Morgan fingerprint density at radius 3 is 2.67 bits per heavy atom. The van der Waals surface area contributed by atoms with Gasteiger partial charge in [0.05, 0.1) is 37.1 Å². The molecule has 0 N–H and O–H groups in total. The van der Waals surface area contributed by atoms with Gasteiger partial charge in [0.15, 0.2) is 0 Å². The second-order valence-electron chi connectivity index (χ2n) is 8.27. The molecule has 1 atom stereocenters. The summed E-state index contributed by atoms with van der Waals surface area (Å²) in [5, 5.41) is 5.48. The van der Waals surface area contributed by atoms with E-state index in [2.05, 4.69) is 10.1 Å². The first-order valence-electron chi connectivity index (χ1n) is 11.1. The molecule has 0 bridgehead atoms. The summed E-state index contributed by atoms with van der Waals surface area (Å²) in [6.45, 7) is 2.10. The lowest BCUT2D eigenvalue weighted by atomic mass is 10.1. The number of nitrogens with zero attached hydrogens (tertiary/aromatic N) is 4. The highest BCUT2D eigenvalue weighted by Crippen LogP contribution is 2.22. The van der Waals surface area contributed by atoms with E-state index in [1.807, 2.05) is 58.4 Å². The van der Waals surface area contributed by atoms with Gasteiger partial charge in [-0.2, -0.15) is 5.10 Å². The van der Waals surface area contributed by atoms with Crippen molar-refractivity contribution in [2.75, 3.05) is 19.7 Å². The maximum absolute atomic E-state index is 13.1. The van der Waals surface area contributed by atoms with E-state index in [-0.39, 0.29) is 17.8 Å². The first-order valence-corrected chi connectivity index (χ1v) is 11.1. The number of benzene rings is 2. The minimum atomic E-state index is -0.242. The Labute approximate surface area is 191 Å². The molecule has 6 nitrogen and oxygen atoms in total. The molecule has 1 aliphatic heterocycles. The molecule has 2 aromatic carbocycles. The van der Waals surface area contributed by atoms with E-state index >= 15 is 0 Å². The zero-order valence-electron chi connectivity index (χ0n) is 18.2. The van der Waals surface area contributed by atoms with Gasteiger partial charge < -0.3 is 9.64 Å². The van der Waals surface area contributed by atoms with E-state index < -0.39 is 0 Å². The minimum absolute atomic E-state index is 0.0933. The molecule has 1 aliphatic rings. The number of hydrogen-bond donors (Lipinski definition) is 0. The highest BCUT2D eigenvalue weighted by molar-refractivity contribution is 5.79. The van der Waals surface area contributed by atoms with E-state index in [9.17, 15) is 9.18 Å². The molecule has 1 fully saturated rings. The smallest absolute Gasteiger partial charge is 0.224 e. The largest absolute Gasteiger partial charge is 0.368 e. The lowest BCUT2D eigenvalue weighted by Gasteiger charge is -2.32. The van der Waals surface area contributed by atoms with Gasteiger partial charge in [-0.3, -0.25) is 14.5 Å². The Morgan fingerprint density at radius 1 is 1.03 bits per heavy atom. The van der Waals surface area contributed by atoms with Gasteiger partial charge in [0.1, 0.15) is 11.9 Å². The SMILES string of the molecule is O=C(CCn1ncc2ccccc21)N1CCOC(c2ccc(Cc3ccc(F)cc3)cn2)C1. The number of ether oxygens (including phenoxy) is 1. The number of aromatic nitrogens is 3. The summed E-state index contributed by atoms with van der Waals surface area (Å²) in [7, 11) is 0. The molecular formula is C26H25FN4O2. The van der Waals surface area contributed by atoms with Crippen LogP contribution in [-0.2, 0) is 22.5 Å². The van der Waals surface area contributed by atoms with Gasteiger partial charge in [0.25, 0.3) is 0 Å². The molecule has 2 aromatic heterocycles. The van der Waals surface area contributed by atoms with E-state index in [0.717, 1.165) is 27.7 Å². The summed E-state index contributed by atoms with van der Waals surface area (Å²) in [6, 6.07) is 18.5. The van der Waals surface area contributed by atoms with Gasteiger partial charge in [0.2, 0.25) is 5.91 Å². The van der Waals surface area contributed by atoms with Crippen LogP contribution in [-0.4, -0.2) is 45.3 Å². The standard InChI is InChI=1S/C26H25FN4O2/c27-22-8-5-19(6-9-22)15-20-7-10-23(28-16-20)25-18-30(13-14-33-25)26(32)11-12-31-24-4-2-1-3-21(24)17-29-31/h1-10,16-17,25H,11-15,18H2. The quantitative estimate of drug-likeness (QED) is 0.448. The van der Waals surface area contributed by atoms with Crippen LogP contribution in [0.25, 0.3) is 10.9 Å². The average molecular weight is 445 g/mol. The van der Waals surface area contributed by atoms with Crippen LogP contribution < -0.4 is 0 Å². The highest BCUT2D eigenvalue weighted by atomic mass is 19.1. The van der Waals surface area contributed by atoms with Crippen molar-refractivity contribution < 1.29 is 13.9 Å². The van der Waals surface area contributed by atoms with Crippen molar-refractivity contribution in [1.82, 2.24) is 19.7 Å². The lowest BCUT2D eigenvalue weighted by Crippen LogP contribution is -2.42. The molecule has 33 heavy (non-hydrogen) atoms. The van der Waals surface area contributed by atoms with Crippen LogP contribution in [0.2, 0.25) is 0 Å². The zero-order valence-corrected chi connectivity index (χ0v) is 18.2. The molecule has 5 rings (SSSR count). The number of morpholine rings is 1. The first kappa shape index (κ1) is 21.3. The van der Waals surface area contributed by atoms with Gasteiger partial charge >= 0.3 is 0 Å². The number of halogens is 1. The summed E-state index contributed by atoms with van der Waals surface area (Å²) in [5.74, 6) is -0.144. The van der Waals surface area contributed by atoms with Crippen LogP contribution in [0.3, 0.4) is 0 Å². The molecule has 1 unspecified atom stereocenters.